The molecule has 6 heteroatoms. The molecule has 1 aromatic carbocycles. The van der Waals surface area contributed by atoms with E-state index >= 15 is 0 Å². The second-order valence-corrected chi connectivity index (χ2v) is 8.12. The Labute approximate surface area is 164 Å². The molecule has 138 valence electrons. The Morgan fingerprint density at radius 1 is 1.35 bits per heavy atom. The summed E-state index contributed by atoms with van der Waals surface area (Å²) in [5, 5.41) is 9.45. The predicted octanol–water partition coefficient (Wildman–Crippen LogP) is 5.69. The minimum absolute atomic E-state index is 0.0278. The molecule has 0 aliphatic heterocycles. The lowest BCUT2D eigenvalue weighted by molar-refractivity contribution is -0.149. The highest BCUT2D eigenvalue weighted by Crippen LogP contribution is 2.60. The number of esters is 1. The summed E-state index contributed by atoms with van der Waals surface area (Å²) < 4.78 is 10.7. The highest BCUT2D eigenvalue weighted by molar-refractivity contribution is 6.55. The van der Waals surface area contributed by atoms with E-state index in [1.54, 1.807) is 24.3 Å². The van der Waals surface area contributed by atoms with Crippen LogP contribution in [0.2, 0.25) is 0 Å². The van der Waals surface area contributed by atoms with E-state index in [0.29, 0.717) is 11.3 Å². The topological polar surface area (TPSA) is 59.3 Å². The van der Waals surface area contributed by atoms with Crippen LogP contribution < -0.4 is 4.74 Å². The van der Waals surface area contributed by atoms with Gasteiger partial charge in [-0.1, -0.05) is 60.8 Å². The fourth-order valence-electron chi connectivity index (χ4n) is 3.02. The second kappa shape index (κ2) is 8.16. The molecular formula is C20H21Cl2NO3. The zero-order valence-electron chi connectivity index (χ0n) is 15.1. The summed E-state index contributed by atoms with van der Waals surface area (Å²) in [5.41, 5.74) is 1.52. The third-order valence-corrected chi connectivity index (χ3v) is 4.65. The summed E-state index contributed by atoms with van der Waals surface area (Å²) in [5.74, 6) is -0.0403. The van der Waals surface area contributed by atoms with Gasteiger partial charge in [-0.3, -0.25) is 4.79 Å². The first kappa shape index (κ1) is 20.4. The van der Waals surface area contributed by atoms with Gasteiger partial charge < -0.3 is 9.47 Å². The third-order valence-electron chi connectivity index (χ3n) is 4.47. The van der Waals surface area contributed by atoms with E-state index in [4.69, 9.17) is 32.7 Å². The maximum absolute atomic E-state index is 12.6. The molecule has 0 spiro atoms. The minimum atomic E-state index is -1.01. The van der Waals surface area contributed by atoms with Crippen molar-refractivity contribution in [1.82, 2.24) is 0 Å². The Bertz CT molecular complexity index is 784. The number of rotatable bonds is 6. The standard InChI is InChI=1S/C20H21Cl2NO3/c1-12(2)8-15-18(20(15,3)4)19(24)26-16(10-23)13-6-5-7-14(9-13)25-11-17(21)22/h5-9,11,15-16,18H,1-4H3. The zero-order chi connectivity index (χ0) is 19.5. The van der Waals surface area contributed by atoms with Gasteiger partial charge in [-0.2, -0.15) is 5.26 Å². The molecule has 0 heterocycles. The molecule has 0 saturated heterocycles. The Hall–Kier alpha value is -1.96. The van der Waals surface area contributed by atoms with Crippen LogP contribution in [-0.4, -0.2) is 5.97 Å². The maximum atomic E-state index is 12.6. The SMILES string of the molecule is CC(C)=CC1C(C(=O)OC(C#N)c2cccc(OC=C(Cl)Cl)c2)C1(C)C. The lowest BCUT2D eigenvalue weighted by atomic mass is 10.1. The molecule has 3 unspecified atom stereocenters. The van der Waals surface area contributed by atoms with Gasteiger partial charge in [0.2, 0.25) is 6.10 Å². The van der Waals surface area contributed by atoms with E-state index < -0.39 is 6.10 Å². The van der Waals surface area contributed by atoms with Crippen molar-refractivity contribution in [2.75, 3.05) is 0 Å². The van der Waals surface area contributed by atoms with Crippen molar-refractivity contribution in [3.8, 4) is 11.8 Å². The van der Waals surface area contributed by atoms with Crippen molar-refractivity contribution < 1.29 is 14.3 Å². The van der Waals surface area contributed by atoms with E-state index in [0.717, 1.165) is 5.57 Å². The van der Waals surface area contributed by atoms with Crippen LogP contribution in [0, 0.1) is 28.6 Å². The largest absolute Gasteiger partial charge is 0.462 e. The zero-order valence-corrected chi connectivity index (χ0v) is 16.6. The molecule has 1 aromatic rings. The smallest absolute Gasteiger partial charge is 0.311 e. The Morgan fingerprint density at radius 2 is 2.04 bits per heavy atom. The quantitative estimate of drug-likeness (QED) is 0.353. The highest BCUT2D eigenvalue weighted by Gasteiger charge is 2.61. The van der Waals surface area contributed by atoms with Crippen molar-refractivity contribution in [2.45, 2.75) is 33.8 Å². The molecule has 0 radical (unpaired) electrons. The van der Waals surface area contributed by atoms with Gasteiger partial charge in [0.1, 0.15) is 22.6 Å². The number of halogens is 2. The van der Waals surface area contributed by atoms with E-state index in [1.807, 2.05) is 33.8 Å². The van der Waals surface area contributed by atoms with Crippen molar-refractivity contribution in [3.63, 3.8) is 0 Å². The molecule has 0 bridgehead atoms. The van der Waals surface area contributed by atoms with Crippen molar-refractivity contribution in [3.05, 3.63) is 52.2 Å². The number of carbonyl (C=O) groups is 1. The van der Waals surface area contributed by atoms with E-state index in [9.17, 15) is 10.1 Å². The number of ether oxygens (including phenoxy) is 2. The molecule has 26 heavy (non-hydrogen) atoms. The summed E-state index contributed by atoms with van der Waals surface area (Å²) in [4.78, 5) is 12.6. The number of carbonyl (C=O) groups excluding carboxylic acids is 1. The second-order valence-electron chi connectivity index (χ2n) is 7.11. The van der Waals surface area contributed by atoms with Crippen molar-refractivity contribution in [2.24, 2.45) is 17.3 Å². The fraction of sp³-hybridized carbons (Fsp3) is 0.400. The number of benzene rings is 1. The Morgan fingerprint density at radius 3 is 2.62 bits per heavy atom. The molecule has 0 N–H and O–H groups in total. The monoisotopic (exact) mass is 393 g/mol. The van der Waals surface area contributed by atoms with Crippen molar-refractivity contribution >= 4 is 29.2 Å². The van der Waals surface area contributed by atoms with Crippen LogP contribution in [0.15, 0.2) is 46.7 Å². The van der Waals surface area contributed by atoms with Gasteiger partial charge in [0, 0.05) is 5.56 Å². The van der Waals surface area contributed by atoms with Crippen LogP contribution in [0.1, 0.15) is 39.4 Å². The lowest BCUT2D eigenvalue weighted by Gasteiger charge is -2.13. The average Bonchev–Trinajstić information content (AvgIpc) is 3.10. The Kier molecular flexibility index (Phi) is 6.39. The molecule has 1 aliphatic carbocycles. The highest BCUT2D eigenvalue weighted by atomic mass is 35.5. The van der Waals surface area contributed by atoms with Gasteiger partial charge in [0.05, 0.1) is 5.92 Å². The summed E-state index contributed by atoms with van der Waals surface area (Å²) in [6.45, 7) is 8.06. The first-order chi connectivity index (χ1) is 12.2. The molecule has 0 aromatic heterocycles. The van der Waals surface area contributed by atoms with Gasteiger partial charge >= 0.3 is 5.97 Å². The summed E-state index contributed by atoms with van der Waals surface area (Å²) in [7, 11) is 0. The van der Waals surface area contributed by atoms with Crippen LogP contribution in [0.3, 0.4) is 0 Å². The first-order valence-electron chi connectivity index (χ1n) is 8.19. The van der Waals surface area contributed by atoms with E-state index in [-0.39, 0.29) is 27.7 Å². The number of nitriles is 1. The average molecular weight is 394 g/mol. The van der Waals surface area contributed by atoms with Gasteiger partial charge in [0.15, 0.2) is 0 Å². The van der Waals surface area contributed by atoms with Crippen molar-refractivity contribution in [1.29, 1.82) is 5.26 Å². The predicted molar refractivity (Wildman–Crippen MR) is 101 cm³/mol. The van der Waals surface area contributed by atoms with Crippen LogP contribution in [0.25, 0.3) is 0 Å². The van der Waals surface area contributed by atoms with Gasteiger partial charge in [-0.05, 0) is 37.3 Å². The van der Waals surface area contributed by atoms with Crippen LogP contribution in [0.5, 0.6) is 5.75 Å². The molecule has 2 rings (SSSR count). The summed E-state index contributed by atoms with van der Waals surface area (Å²) in [6.07, 6.45) is 2.25. The fourth-order valence-corrected chi connectivity index (χ4v) is 3.11. The molecule has 3 atom stereocenters. The van der Waals surface area contributed by atoms with Gasteiger partial charge in [0.25, 0.3) is 0 Å². The first-order valence-corrected chi connectivity index (χ1v) is 8.95. The summed E-state index contributed by atoms with van der Waals surface area (Å²) >= 11 is 11.0. The van der Waals surface area contributed by atoms with Crippen LogP contribution >= 0.6 is 23.2 Å². The number of hydrogen-bond donors (Lipinski definition) is 0. The molecule has 1 saturated carbocycles. The van der Waals surface area contributed by atoms with Crippen LogP contribution in [0.4, 0.5) is 0 Å². The summed E-state index contributed by atoms with van der Waals surface area (Å²) in [6, 6.07) is 8.72. The molecule has 1 fully saturated rings. The molecule has 0 amide bonds. The Balaban J connectivity index is 2.12. The van der Waals surface area contributed by atoms with Gasteiger partial charge in [-0.25, -0.2) is 0 Å². The third kappa shape index (κ3) is 4.81. The number of allylic oxidation sites excluding steroid dienone is 2. The molecule has 1 aliphatic rings. The lowest BCUT2D eigenvalue weighted by Crippen LogP contribution is -2.14. The minimum Gasteiger partial charge on any atom is -0.462 e. The number of nitrogens with zero attached hydrogens (tertiary/aromatic N) is 1. The van der Waals surface area contributed by atoms with Crippen LogP contribution in [-0.2, 0) is 9.53 Å². The molecule has 4 nitrogen and oxygen atoms in total. The van der Waals surface area contributed by atoms with E-state index in [1.165, 1.54) is 6.26 Å². The van der Waals surface area contributed by atoms with E-state index in [2.05, 4.69) is 6.08 Å². The number of hydrogen-bond acceptors (Lipinski definition) is 4. The maximum Gasteiger partial charge on any atom is 0.311 e. The van der Waals surface area contributed by atoms with Gasteiger partial charge in [-0.15, -0.1) is 0 Å². The normalized spacial score (nSPS) is 21.0. The molecular weight excluding hydrogens is 373 g/mol.